The Labute approximate surface area is 149 Å². The fraction of sp³-hybridized carbons (Fsp3) is 0.188. The SMILES string of the molecule is C#CCn1nc(Cl)c2ccc(-n3c(=O)cc(C(F)(F)F)n(C)c3=O)cc21. The van der Waals surface area contributed by atoms with Crippen LogP contribution in [0.3, 0.4) is 0 Å². The van der Waals surface area contributed by atoms with E-state index in [-0.39, 0.29) is 17.4 Å². The largest absolute Gasteiger partial charge is 0.431 e. The Morgan fingerprint density at radius 1 is 1.27 bits per heavy atom. The van der Waals surface area contributed by atoms with Gasteiger partial charge in [0.15, 0.2) is 5.15 Å². The molecule has 3 rings (SSSR count). The maximum absolute atomic E-state index is 12.9. The van der Waals surface area contributed by atoms with Crippen molar-refractivity contribution >= 4 is 22.5 Å². The minimum atomic E-state index is -4.82. The van der Waals surface area contributed by atoms with Crippen LogP contribution in [0.1, 0.15) is 5.69 Å². The molecule has 10 heteroatoms. The van der Waals surface area contributed by atoms with Gasteiger partial charge in [-0.1, -0.05) is 17.5 Å². The molecular weight excluding hydrogens is 373 g/mol. The van der Waals surface area contributed by atoms with Gasteiger partial charge < -0.3 is 0 Å². The molecule has 1 aromatic carbocycles. The monoisotopic (exact) mass is 382 g/mol. The van der Waals surface area contributed by atoms with Crippen molar-refractivity contribution < 1.29 is 13.2 Å². The zero-order valence-corrected chi connectivity index (χ0v) is 14.0. The predicted octanol–water partition coefficient (Wildman–Crippen LogP) is 2.19. The first kappa shape index (κ1) is 17.8. The Hall–Kier alpha value is -2.99. The summed E-state index contributed by atoms with van der Waals surface area (Å²) in [7, 11) is 0.944. The Bertz CT molecular complexity index is 1180. The fourth-order valence-corrected chi connectivity index (χ4v) is 2.85. The van der Waals surface area contributed by atoms with Gasteiger partial charge in [-0.3, -0.25) is 14.0 Å². The lowest BCUT2D eigenvalue weighted by atomic mass is 10.2. The van der Waals surface area contributed by atoms with E-state index in [1.165, 1.54) is 22.9 Å². The van der Waals surface area contributed by atoms with Crippen molar-refractivity contribution in [2.45, 2.75) is 12.7 Å². The van der Waals surface area contributed by atoms with Crippen LogP contribution in [0.15, 0.2) is 33.9 Å². The van der Waals surface area contributed by atoms with E-state index in [4.69, 9.17) is 18.0 Å². The third-order valence-corrected chi connectivity index (χ3v) is 4.08. The molecule has 0 aliphatic rings. The minimum absolute atomic E-state index is 0.0756. The minimum Gasteiger partial charge on any atom is -0.292 e. The molecule has 0 radical (unpaired) electrons. The van der Waals surface area contributed by atoms with E-state index in [1.807, 2.05) is 0 Å². The van der Waals surface area contributed by atoms with Crippen LogP contribution in [0.5, 0.6) is 0 Å². The van der Waals surface area contributed by atoms with Crippen molar-refractivity contribution in [3.8, 4) is 18.0 Å². The average molecular weight is 383 g/mol. The van der Waals surface area contributed by atoms with Gasteiger partial charge in [-0.15, -0.1) is 6.42 Å². The highest BCUT2D eigenvalue weighted by molar-refractivity contribution is 6.34. The normalized spacial score (nSPS) is 11.7. The molecule has 0 fully saturated rings. The maximum Gasteiger partial charge on any atom is 0.431 e. The van der Waals surface area contributed by atoms with Crippen LogP contribution >= 0.6 is 11.6 Å². The smallest absolute Gasteiger partial charge is 0.292 e. The van der Waals surface area contributed by atoms with E-state index in [2.05, 4.69) is 11.0 Å². The highest BCUT2D eigenvalue weighted by Crippen LogP contribution is 2.27. The molecule has 0 N–H and O–H groups in total. The predicted molar refractivity (Wildman–Crippen MR) is 89.4 cm³/mol. The number of rotatable bonds is 2. The Morgan fingerprint density at radius 3 is 2.58 bits per heavy atom. The molecule has 0 saturated heterocycles. The van der Waals surface area contributed by atoms with Crippen LogP contribution in [0, 0.1) is 12.3 Å². The van der Waals surface area contributed by atoms with Crippen LogP contribution in [-0.4, -0.2) is 18.9 Å². The van der Waals surface area contributed by atoms with E-state index in [0.29, 0.717) is 26.1 Å². The van der Waals surface area contributed by atoms with Gasteiger partial charge in [0.05, 0.1) is 11.2 Å². The van der Waals surface area contributed by atoms with E-state index in [0.717, 1.165) is 7.05 Å². The molecule has 0 bridgehead atoms. The van der Waals surface area contributed by atoms with Gasteiger partial charge in [0.2, 0.25) is 0 Å². The molecule has 0 atom stereocenters. The lowest BCUT2D eigenvalue weighted by Gasteiger charge is -2.14. The summed E-state index contributed by atoms with van der Waals surface area (Å²) >= 11 is 6.01. The van der Waals surface area contributed by atoms with Gasteiger partial charge >= 0.3 is 11.9 Å². The van der Waals surface area contributed by atoms with Crippen LogP contribution in [0.4, 0.5) is 13.2 Å². The topological polar surface area (TPSA) is 61.8 Å². The summed E-state index contributed by atoms with van der Waals surface area (Å²) < 4.78 is 41.2. The molecule has 134 valence electrons. The summed E-state index contributed by atoms with van der Waals surface area (Å²) in [4.78, 5) is 24.5. The zero-order valence-electron chi connectivity index (χ0n) is 13.2. The maximum atomic E-state index is 12.9. The molecule has 2 heterocycles. The second kappa shape index (κ2) is 6.07. The van der Waals surface area contributed by atoms with Gasteiger partial charge in [-0.05, 0) is 18.2 Å². The molecule has 2 aromatic heterocycles. The van der Waals surface area contributed by atoms with Gasteiger partial charge in [0, 0.05) is 18.5 Å². The molecule has 3 aromatic rings. The number of benzene rings is 1. The van der Waals surface area contributed by atoms with E-state index in [9.17, 15) is 22.8 Å². The molecule has 0 aliphatic carbocycles. The molecule has 0 amide bonds. The van der Waals surface area contributed by atoms with E-state index in [1.54, 1.807) is 0 Å². The molecule has 0 spiro atoms. The van der Waals surface area contributed by atoms with Crippen LogP contribution < -0.4 is 11.2 Å². The highest BCUT2D eigenvalue weighted by atomic mass is 35.5. The van der Waals surface area contributed by atoms with Crippen molar-refractivity contribution in [3.05, 3.63) is 56.0 Å². The number of hydrogen-bond donors (Lipinski definition) is 0. The van der Waals surface area contributed by atoms with Crippen LogP contribution in [-0.2, 0) is 19.8 Å². The molecule has 6 nitrogen and oxygen atoms in total. The number of terminal acetylenes is 1. The van der Waals surface area contributed by atoms with Crippen molar-refractivity contribution in [1.29, 1.82) is 0 Å². The van der Waals surface area contributed by atoms with Gasteiger partial charge in [0.1, 0.15) is 12.2 Å². The molecule has 26 heavy (non-hydrogen) atoms. The first-order valence-corrected chi connectivity index (χ1v) is 7.53. The van der Waals surface area contributed by atoms with Crippen molar-refractivity contribution in [2.75, 3.05) is 0 Å². The second-order valence-corrected chi connectivity index (χ2v) is 5.75. The zero-order chi connectivity index (χ0) is 19.2. The summed E-state index contributed by atoms with van der Waals surface area (Å²) in [6, 6.07) is 4.70. The van der Waals surface area contributed by atoms with E-state index >= 15 is 0 Å². The van der Waals surface area contributed by atoms with Gasteiger partial charge in [-0.25, -0.2) is 9.36 Å². The standard InChI is InChI=1S/C16H10ClF3N4O2/c1-3-6-23-11-7-9(4-5-10(11)14(17)21-23)24-13(25)8-12(16(18,19)20)22(2)15(24)26/h1,4-5,7-8H,6H2,2H3. The third-order valence-electron chi connectivity index (χ3n) is 3.80. The number of nitrogens with zero attached hydrogens (tertiary/aromatic N) is 4. The van der Waals surface area contributed by atoms with Gasteiger partial charge in [-0.2, -0.15) is 18.3 Å². The summed E-state index contributed by atoms with van der Waals surface area (Å²) in [5.74, 6) is 2.39. The number of fused-ring (bicyclic) bond motifs is 1. The Kier molecular flexibility index (Phi) is 4.16. The number of hydrogen-bond acceptors (Lipinski definition) is 3. The van der Waals surface area contributed by atoms with E-state index < -0.39 is 23.1 Å². The molecule has 0 unspecified atom stereocenters. The first-order valence-electron chi connectivity index (χ1n) is 7.15. The Morgan fingerprint density at radius 2 is 1.96 bits per heavy atom. The third kappa shape index (κ3) is 2.78. The Balaban J connectivity index is 2.30. The average Bonchev–Trinajstić information content (AvgIpc) is 2.86. The lowest BCUT2D eigenvalue weighted by Crippen LogP contribution is -2.40. The molecule has 0 aliphatic heterocycles. The molecular formula is C16H10ClF3N4O2. The summed E-state index contributed by atoms with van der Waals surface area (Å²) in [6.07, 6.45) is 0.442. The fourth-order valence-electron chi connectivity index (χ4n) is 2.60. The first-order chi connectivity index (χ1) is 12.1. The molecule has 0 saturated carbocycles. The number of alkyl halides is 3. The summed E-state index contributed by atoms with van der Waals surface area (Å²) in [5.41, 5.74) is -3.04. The summed E-state index contributed by atoms with van der Waals surface area (Å²) in [5, 5.41) is 4.75. The quantitative estimate of drug-likeness (QED) is 0.638. The second-order valence-electron chi connectivity index (χ2n) is 5.40. The number of aromatic nitrogens is 4. The van der Waals surface area contributed by atoms with Crippen LogP contribution in [0.2, 0.25) is 5.15 Å². The van der Waals surface area contributed by atoms with Crippen molar-refractivity contribution in [3.63, 3.8) is 0 Å². The highest BCUT2D eigenvalue weighted by Gasteiger charge is 2.35. The number of halogens is 4. The van der Waals surface area contributed by atoms with Crippen LogP contribution in [0.25, 0.3) is 16.6 Å². The van der Waals surface area contributed by atoms with Gasteiger partial charge in [0.25, 0.3) is 5.56 Å². The lowest BCUT2D eigenvalue weighted by molar-refractivity contribution is -0.144. The summed E-state index contributed by atoms with van der Waals surface area (Å²) in [6.45, 7) is 0.0899. The van der Waals surface area contributed by atoms with Crippen molar-refractivity contribution in [2.24, 2.45) is 7.05 Å². The van der Waals surface area contributed by atoms with Crippen molar-refractivity contribution in [1.82, 2.24) is 18.9 Å².